The summed E-state index contributed by atoms with van der Waals surface area (Å²) in [5.74, 6) is 1.55. The van der Waals surface area contributed by atoms with Crippen LogP contribution in [0.5, 0.6) is 0 Å². The van der Waals surface area contributed by atoms with Crippen molar-refractivity contribution in [2.75, 3.05) is 11.9 Å². The molecule has 0 aliphatic carbocycles. The minimum Gasteiger partial charge on any atom is -0.368 e. The number of tetrazole rings is 1. The Morgan fingerprint density at radius 2 is 2.35 bits per heavy atom. The maximum Gasteiger partial charge on any atom is 0.200 e. The Bertz CT molecular complexity index is 598. The lowest BCUT2D eigenvalue weighted by Gasteiger charge is -2.02. The zero-order valence-electron chi connectivity index (χ0n) is 8.78. The third-order valence-corrected chi connectivity index (χ3v) is 2.20. The van der Waals surface area contributed by atoms with Crippen molar-refractivity contribution in [3.05, 3.63) is 24.3 Å². The molecule has 0 saturated heterocycles. The average Bonchev–Trinajstić information content (AvgIpc) is 2.98. The maximum absolute atomic E-state index is 4.18. The lowest BCUT2D eigenvalue weighted by Crippen LogP contribution is -2.09. The fourth-order valence-electron chi connectivity index (χ4n) is 1.40. The molecular formula is C8H9N9. The Hall–Kier alpha value is -2.58. The number of fused-ring (bicyclic) bond motifs is 1. The summed E-state index contributed by atoms with van der Waals surface area (Å²) in [4.78, 5) is 4.02. The largest absolute Gasteiger partial charge is 0.368 e. The highest BCUT2D eigenvalue weighted by atomic mass is 15.6. The molecule has 0 saturated carbocycles. The average molecular weight is 231 g/mol. The van der Waals surface area contributed by atoms with E-state index in [9.17, 15) is 0 Å². The van der Waals surface area contributed by atoms with Gasteiger partial charge in [-0.15, -0.1) is 14.8 Å². The van der Waals surface area contributed by atoms with Gasteiger partial charge in [-0.05, 0) is 22.6 Å². The van der Waals surface area contributed by atoms with Crippen molar-refractivity contribution in [2.45, 2.75) is 6.42 Å². The third-order valence-electron chi connectivity index (χ3n) is 2.20. The standard InChI is InChI=1S/C8H9N9/c1-2-8-13-15-16-17(8)14-7(1)9-4-3-6-10-5-11-12-6/h1-2,5H,3-4H2,(H,9,14)(H,10,11,12). The van der Waals surface area contributed by atoms with Crippen molar-refractivity contribution >= 4 is 11.5 Å². The molecule has 0 amide bonds. The molecular weight excluding hydrogens is 222 g/mol. The predicted octanol–water partition coefficient (Wildman–Crippen LogP) is -0.708. The first kappa shape index (κ1) is 9.63. The molecule has 0 aliphatic heterocycles. The van der Waals surface area contributed by atoms with Crippen LogP contribution in [-0.4, -0.2) is 47.0 Å². The molecule has 0 aliphatic rings. The van der Waals surface area contributed by atoms with Gasteiger partial charge in [0, 0.05) is 13.0 Å². The van der Waals surface area contributed by atoms with Gasteiger partial charge >= 0.3 is 0 Å². The molecule has 0 bridgehead atoms. The van der Waals surface area contributed by atoms with Crippen LogP contribution in [0.15, 0.2) is 18.5 Å². The van der Waals surface area contributed by atoms with Crippen LogP contribution in [-0.2, 0) is 6.42 Å². The minimum absolute atomic E-state index is 0.616. The molecule has 3 aromatic rings. The van der Waals surface area contributed by atoms with E-state index in [1.54, 1.807) is 6.07 Å². The Morgan fingerprint density at radius 1 is 1.35 bits per heavy atom. The summed E-state index contributed by atoms with van der Waals surface area (Å²) < 4.78 is 1.37. The number of aromatic amines is 1. The van der Waals surface area contributed by atoms with Crippen molar-refractivity contribution in [3.8, 4) is 0 Å². The summed E-state index contributed by atoms with van der Waals surface area (Å²) in [6.45, 7) is 0.704. The second-order valence-electron chi connectivity index (χ2n) is 3.35. The molecule has 86 valence electrons. The lowest BCUT2D eigenvalue weighted by atomic mass is 10.4. The Labute approximate surface area is 95.3 Å². The highest BCUT2D eigenvalue weighted by molar-refractivity contribution is 5.41. The first-order valence-electron chi connectivity index (χ1n) is 5.05. The van der Waals surface area contributed by atoms with Gasteiger partial charge in [0.05, 0.1) is 0 Å². The van der Waals surface area contributed by atoms with E-state index in [1.807, 2.05) is 6.07 Å². The Balaban J connectivity index is 1.64. The number of hydrogen-bond acceptors (Lipinski definition) is 7. The predicted molar refractivity (Wildman–Crippen MR) is 57.2 cm³/mol. The summed E-state index contributed by atoms with van der Waals surface area (Å²) >= 11 is 0. The van der Waals surface area contributed by atoms with Crippen molar-refractivity contribution in [3.63, 3.8) is 0 Å². The van der Waals surface area contributed by atoms with E-state index in [-0.39, 0.29) is 0 Å². The molecule has 3 aromatic heterocycles. The van der Waals surface area contributed by atoms with E-state index < -0.39 is 0 Å². The molecule has 2 N–H and O–H groups in total. The second kappa shape index (κ2) is 4.12. The van der Waals surface area contributed by atoms with E-state index in [1.165, 1.54) is 11.0 Å². The molecule has 3 rings (SSSR count). The fraction of sp³-hybridized carbons (Fsp3) is 0.250. The number of hydrogen-bond donors (Lipinski definition) is 2. The summed E-state index contributed by atoms with van der Waals surface area (Å²) in [7, 11) is 0. The van der Waals surface area contributed by atoms with Crippen LogP contribution in [0.4, 0.5) is 5.82 Å². The van der Waals surface area contributed by atoms with Gasteiger partial charge in [-0.1, -0.05) is 0 Å². The minimum atomic E-state index is 0.616. The summed E-state index contributed by atoms with van der Waals surface area (Å²) in [6, 6.07) is 3.62. The summed E-state index contributed by atoms with van der Waals surface area (Å²) in [5.41, 5.74) is 0.616. The van der Waals surface area contributed by atoms with Crippen LogP contribution in [0.2, 0.25) is 0 Å². The lowest BCUT2D eigenvalue weighted by molar-refractivity contribution is 0.733. The highest BCUT2D eigenvalue weighted by Crippen LogP contribution is 2.02. The number of H-pyrrole nitrogens is 1. The molecule has 3 heterocycles. The van der Waals surface area contributed by atoms with Gasteiger partial charge in [-0.2, -0.15) is 5.10 Å². The third kappa shape index (κ3) is 2.02. The van der Waals surface area contributed by atoms with Crippen LogP contribution in [0.25, 0.3) is 5.65 Å². The van der Waals surface area contributed by atoms with E-state index in [2.05, 4.69) is 41.1 Å². The van der Waals surface area contributed by atoms with Crippen LogP contribution in [0.3, 0.4) is 0 Å². The fourth-order valence-corrected chi connectivity index (χ4v) is 1.40. The smallest absolute Gasteiger partial charge is 0.200 e. The van der Waals surface area contributed by atoms with E-state index in [4.69, 9.17) is 0 Å². The zero-order chi connectivity index (χ0) is 11.5. The van der Waals surface area contributed by atoms with Gasteiger partial charge in [0.25, 0.3) is 0 Å². The quantitative estimate of drug-likeness (QED) is 0.610. The Morgan fingerprint density at radius 3 is 3.24 bits per heavy atom. The number of nitrogens with zero attached hydrogens (tertiary/aromatic N) is 7. The van der Waals surface area contributed by atoms with Crippen molar-refractivity contribution in [1.82, 2.24) is 40.4 Å². The van der Waals surface area contributed by atoms with Gasteiger partial charge in [0.1, 0.15) is 18.0 Å². The molecule has 17 heavy (non-hydrogen) atoms. The molecule has 0 aromatic carbocycles. The number of rotatable bonds is 4. The van der Waals surface area contributed by atoms with E-state index >= 15 is 0 Å². The zero-order valence-corrected chi connectivity index (χ0v) is 8.78. The maximum atomic E-state index is 4.18. The van der Waals surface area contributed by atoms with E-state index in [0.29, 0.717) is 18.0 Å². The topological polar surface area (TPSA) is 110 Å². The second-order valence-corrected chi connectivity index (χ2v) is 3.35. The van der Waals surface area contributed by atoms with E-state index in [0.717, 1.165) is 12.2 Å². The number of anilines is 1. The molecule has 0 radical (unpaired) electrons. The SMILES string of the molecule is c1n[nH]c(CCNc2ccc3nnnn3n2)n1. The monoisotopic (exact) mass is 231 g/mol. The van der Waals surface area contributed by atoms with Gasteiger partial charge < -0.3 is 5.32 Å². The van der Waals surface area contributed by atoms with Crippen LogP contribution in [0, 0.1) is 0 Å². The van der Waals surface area contributed by atoms with Crippen molar-refractivity contribution in [1.29, 1.82) is 0 Å². The van der Waals surface area contributed by atoms with Gasteiger partial charge in [-0.3, -0.25) is 5.10 Å². The molecule has 0 spiro atoms. The highest BCUT2D eigenvalue weighted by Gasteiger charge is 2.00. The first-order chi connectivity index (χ1) is 8.42. The summed E-state index contributed by atoms with van der Waals surface area (Å²) in [5, 5.41) is 24.9. The number of aromatic nitrogens is 8. The van der Waals surface area contributed by atoms with Crippen molar-refractivity contribution < 1.29 is 0 Å². The first-order valence-corrected chi connectivity index (χ1v) is 5.05. The van der Waals surface area contributed by atoms with Crippen molar-refractivity contribution in [2.24, 2.45) is 0 Å². The molecule has 9 heteroatoms. The molecule has 9 nitrogen and oxygen atoms in total. The van der Waals surface area contributed by atoms with Gasteiger partial charge in [0.15, 0.2) is 5.65 Å². The molecule has 0 fully saturated rings. The molecule has 0 atom stereocenters. The van der Waals surface area contributed by atoms with Gasteiger partial charge in [-0.25, -0.2) is 4.98 Å². The van der Waals surface area contributed by atoms with Crippen LogP contribution >= 0.6 is 0 Å². The molecule has 0 unspecified atom stereocenters. The van der Waals surface area contributed by atoms with Gasteiger partial charge in [0.2, 0.25) is 0 Å². The summed E-state index contributed by atoms with van der Waals surface area (Å²) in [6.07, 6.45) is 2.23. The van der Waals surface area contributed by atoms with Crippen LogP contribution in [0.1, 0.15) is 5.82 Å². The van der Waals surface area contributed by atoms with Crippen LogP contribution < -0.4 is 5.32 Å². The normalized spacial score (nSPS) is 10.8. The Kier molecular flexibility index (Phi) is 2.33. The number of nitrogens with one attached hydrogen (secondary N) is 2.